The van der Waals surface area contributed by atoms with Gasteiger partial charge in [0.2, 0.25) is 0 Å². The molecule has 7 nitrogen and oxygen atoms in total. The molecule has 150 valence electrons. The van der Waals surface area contributed by atoms with Gasteiger partial charge in [0.1, 0.15) is 30.1 Å². The summed E-state index contributed by atoms with van der Waals surface area (Å²) < 4.78 is 9.66. The molecule has 1 saturated heterocycles. The van der Waals surface area contributed by atoms with Crippen LogP contribution < -0.4 is 0 Å². The van der Waals surface area contributed by atoms with Crippen molar-refractivity contribution in [1.29, 1.82) is 0 Å². The molecule has 29 heavy (non-hydrogen) atoms. The van der Waals surface area contributed by atoms with E-state index in [1.54, 1.807) is 17.0 Å². The molecule has 5 rings (SSSR count). The van der Waals surface area contributed by atoms with Crippen LogP contribution in [0.1, 0.15) is 23.5 Å². The minimum atomic E-state index is -1.23. The lowest BCUT2D eigenvalue weighted by atomic mass is 9.98. The van der Waals surface area contributed by atoms with Gasteiger partial charge < -0.3 is 29.2 Å². The van der Waals surface area contributed by atoms with Crippen molar-refractivity contribution in [1.82, 2.24) is 14.1 Å². The van der Waals surface area contributed by atoms with Gasteiger partial charge in [0.15, 0.2) is 6.23 Å². The Morgan fingerprint density at radius 2 is 1.90 bits per heavy atom. The molecule has 3 N–H and O–H groups in total. The number of fused-ring (bicyclic) bond motifs is 2. The maximum Gasteiger partial charge on any atom is 0.164 e. The van der Waals surface area contributed by atoms with Gasteiger partial charge >= 0.3 is 0 Å². The molecule has 1 aromatic carbocycles. The molecule has 5 unspecified atom stereocenters. The molecule has 1 fully saturated rings. The van der Waals surface area contributed by atoms with Gasteiger partial charge in [0, 0.05) is 36.5 Å². The molecule has 0 radical (unpaired) electrons. The fraction of sp³-hybridized carbons (Fsp3) is 0.318. The zero-order valence-corrected chi connectivity index (χ0v) is 16.2. The third-order valence-corrected chi connectivity index (χ3v) is 5.95. The van der Waals surface area contributed by atoms with E-state index in [2.05, 4.69) is 4.98 Å². The monoisotopic (exact) mass is 393 g/mol. The Balaban J connectivity index is 1.48. The van der Waals surface area contributed by atoms with Crippen LogP contribution in [-0.4, -0.2) is 47.7 Å². The van der Waals surface area contributed by atoms with Crippen LogP contribution in [0.5, 0.6) is 0 Å². The Morgan fingerprint density at radius 1 is 1.07 bits per heavy atom. The Bertz CT molecular complexity index is 1200. The number of ether oxygens (including phenoxy) is 1. The number of aliphatic hydroxyl groups is 3. The number of hydrogen-bond acceptors (Lipinski definition) is 5. The molecule has 0 bridgehead atoms. The molecule has 4 heterocycles. The third kappa shape index (κ3) is 2.78. The van der Waals surface area contributed by atoms with Gasteiger partial charge in [0.05, 0.1) is 0 Å². The lowest BCUT2D eigenvalue weighted by Crippen LogP contribution is -2.34. The molecular formula is C22H23N3O4. The second-order valence-electron chi connectivity index (χ2n) is 7.75. The first-order chi connectivity index (χ1) is 14.0. The maximum atomic E-state index is 10.9. The summed E-state index contributed by atoms with van der Waals surface area (Å²) in [6.07, 6.45) is 0.134. The fourth-order valence-electron chi connectivity index (χ4n) is 4.23. The largest absolute Gasteiger partial charge is 0.387 e. The van der Waals surface area contributed by atoms with Crippen LogP contribution in [0.15, 0.2) is 55.0 Å². The number of aryl methyl sites for hydroxylation is 2. The lowest BCUT2D eigenvalue weighted by molar-refractivity contribution is -0.0848. The van der Waals surface area contributed by atoms with Crippen molar-refractivity contribution >= 4 is 21.9 Å². The van der Waals surface area contributed by atoms with Crippen molar-refractivity contribution in [3.8, 4) is 0 Å². The average Bonchev–Trinajstić information content (AvgIpc) is 3.39. The summed E-state index contributed by atoms with van der Waals surface area (Å²) in [6, 6.07) is 11.4. The Kier molecular flexibility index (Phi) is 4.22. The van der Waals surface area contributed by atoms with E-state index in [1.807, 2.05) is 61.1 Å². The SMILES string of the molecule is Cc1ccnc2c1ccn2C1OC(C(O)c2ccc3ccn(C)c3c2)C(O)C1O. The van der Waals surface area contributed by atoms with Crippen LogP contribution in [-0.2, 0) is 11.8 Å². The van der Waals surface area contributed by atoms with Crippen molar-refractivity contribution in [3.63, 3.8) is 0 Å². The number of pyridine rings is 1. The van der Waals surface area contributed by atoms with Crippen molar-refractivity contribution in [2.45, 2.75) is 37.6 Å². The summed E-state index contributed by atoms with van der Waals surface area (Å²) in [5.41, 5.74) is 3.33. The van der Waals surface area contributed by atoms with Crippen LogP contribution in [0.4, 0.5) is 0 Å². The summed E-state index contributed by atoms with van der Waals surface area (Å²) in [7, 11) is 1.94. The van der Waals surface area contributed by atoms with Crippen LogP contribution >= 0.6 is 0 Å². The van der Waals surface area contributed by atoms with E-state index in [0.29, 0.717) is 11.2 Å². The third-order valence-electron chi connectivity index (χ3n) is 5.95. The van der Waals surface area contributed by atoms with Gasteiger partial charge in [-0.2, -0.15) is 0 Å². The topological polar surface area (TPSA) is 92.7 Å². The Morgan fingerprint density at radius 3 is 2.72 bits per heavy atom. The normalized spacial score (nSPS) is 25.8. The van der Waals surface area contributed by atoms with Crippen molar-refractivity contribution in [2.75, 3.05) is 0 Å². The van der Waals surface area contributed by atoms with Gasteiger partial charge in [-0.15, -0.1) is 0 Å². The van der Waals surface area contributed by atoms with Gasteiger partial charge in [0.25, 0.3) is 0 Å². The van der Waals surface area contributed by atoms with Gasteiger partial charge in [-0.1, -0.05) is 12.1 Å². The second kappa shape index (κ2) is 6.67. The number of aliphatic hydroxyl groups excluding tert-OH is 3. The highest BCUT2D eigenvalue weighted by atomic mass is 16.6. The second-order valence-corrected chi connectivity index (χ2v) is 7.75. The smallest absolute Gasteiger partial charge is 0.164 e. The molecule has 0 saturated carbocycles. The van der Waals surface area contributed by atoms with E-state index in [0.717, 1.165) is 21.9 Å². The zero-order chi connectivity index (χ0) is 20.3. The Hall–Kier alpha value is -2.71. The van der Waals surface area contributed by atoms with Gasteiger partial charge in [-0.05, 0) is 47.7 Å². The summed E-state index contributed by atoms with van der Waals surface area (Å²) in [6.45, 7) is 1.99. The number of hydrogen-bond donors (Lipinski definition) is 3. The molecule has 0 amide bonds. The van der Waals surface area contributed by atoms with E-state index in [1.165, 1.54) is 0 Å². The van der Waals surface area contributed by atoms with Crippen LogP contribution in [0.2, 0.25) is 0 Å². The molecule has 0 aliphatic carbocycles. The Labute approximate surface area is 167 Å². The molecule has 1 aliphatic heterocycles. The standard InChI is InChI=1S/C22H23N3O4/c1-12-5-8-23-21-15(12)7-10-25(21)22-19(28)18(27)20(29-22)17(26)14-4-3-13-6-9-24(2)16(13)11-14/h3-11,17-20,22,26-28H,1-2H3. The van der Waals surface area contributed by atoms with E-state index in [4.69, 9.17) is 4.74 Å². The lowest BCUT2D eigenvalue weighted by Gasteiger charge is -2.21. The first kappa shape index (κ1) is 18.3. The van der Waals surface area contributed by atoms with Crippen LogP contribution in [0.25, 0.3) is 21.9 Å². The molecule has 5 atom stereocenters. The van der Waals surface area contributed by atoms with Crippen molar-refractivity contribution < 1.29 is 20.1 Å². The fourth-order valence-corrected chi connectivity index (χ4v) is 4.23. The first-order valence-corrected chi connectivity index (χ1v) is 9.62. The molecule has 7 heteroatoms. The minimum absolute atomic E-state index is 0.627. The van der Waals surface area contributed by atoms with Crippen molar-refractivity contribution in [3.05, 3.63) is 66.1 Å². The first-order valence-electron chi connectivity index (χ1n) is 9.62. The zero-order valence-electron chi connectivity index (χ0n) is 16.2. The summed E-state index contributed by atoms with van der Waals surface area (Å²) >= 11 is 0. The number of rotatable bonds is 3. The van der Waals surface area contributed by atoms with Gasteiger partial charge in [-0.25, -0.2) is 4.98 Å². The van der Waals surface area contributed by atoms with Crippen molar-refractivity contribution in [2.24, 2.45) is 7.05 Å². The molecule has 4 aromatic rings. The van der Waals surface area contributed by atoms with E-state index in [9.17, 15) is 15.3 Å². The maximum absolute atomic E-state index is 10.9. The van der Waals surface area contributed by atoms with E-state index < -0.39 is 30.6 Å². The molecule has 0 spiro atoms. The summed E-state index contributed by atoms with van der Waals surface area (Å²) in [4.78, 5) is 4.40. The molecule has 1 aliphatic rings. The van der Waals surface area contributed by atoms with Crippen LogP contribution in [0.3, 0.4) is 0 Å². The van der Waals surface area contributed by atoms with E-state index in [-0.39, 0.29) is 0 Å². The van der Waals surface area contributed by atoms with Gasteiger partial charge in [-0.3, -0.25) is 0 Å². The number of benzene rings is 1. The highest BCUT2D eigenvalue weighted by Gasteiger charge is 2.47. The highest BCUT2D eigenvalue weighted by molar-refractivity contribution is 5.81. The predicted octanol–water partition coefficient (Wildman–Crippen LogP) is 2.19. The predicted molar refractivity (Wildman–Crippen MR) is 108 cm³/mol. The summed E-state index contributed by atoms with van der Waals surface area (Å²) in [5, 5.41) is 34.3. The minimum Gasteiger partial charge on any atom is -0.387 e. The highest BCUT2D eigenvalue weighted by Crippen LogP contribution is 2.38. The number of aromatic nitrogens is 3. The van der Waals surface area contributed by atoms with E-state index >= 15 is 0 Å². The number of nitrogens with zero attached hydrogens (tertiary/aromatic N) is 3. The molecular weight excluding hydrogens is 370 g/mol. The quantitative estimate of drug-likeness (QED) is 0.496. The molecule has 3 aromatic heterocycles. The average molecular weight is 393 g/mol. The van der Waals surface area contributed by atoms with Crippen LogP contribution in [0, 0.1) is 6.92 Å². The summed E-state index contributed by atoms with van der Waals surface area (Å²) in [5.74, 6) is 0.